The zero-order valence-corrected chi connectivity index (χ0v) is 21.6. The number of aromatic amines is 1. The Morgan fingerprint density at radius 1 is 0.475 bits per heavy atom. The van der Waals surface area contributed by atoms with Crippen LogP contribution in [0.25, 0.3) is 71.6 Å². The van der Waals surface area contributed by atoms with Crippen molar-refractivity contribution < 1.29 is 0 Å². The summed E-state index contributed by atoms with van der Waals surface area (Å²) in [4.78, 5) is 3.53. The lowest BCUT2D eigenvalue weighted by atomic mass is 9.91. The molecule has 0 aliphatic heterocycles. The van der Waals surface area contributed by atoms with Crippen LogP contribution < -0.4 is 0 Å². The average molecular weight is 513 g/mol. The van der Waals surface area contributed by atoms with Crippen molar-refractivity contribution in [2.75, 3.05) is 0 Å². The Hall–Kier alpha value is -5.48. The minimum atomic E-state index is 1.04. The maximum absolute atomic E-state index is 3.93. The molecule has 8 rings (SSSR count). The SMILES string of the molecule is c1cc(-c2ccc(-c3ccc4[nH]c5ccccc5c4c3)cc2)c2c(-c3ccc(-n4cnnc4)cc3)cccc2c1. The number of nitrogens with one attached hydrogen (secondary N) is 1. The van der Waals surface area contributed by atoms with E-state index in [1.807, 2.05) is 4.57 Å². The highest BCUT2D eigenvalue weighted by molar-refractivity contribution is 6.09. The lowest BCUT2D eigenvalue weighted by molar-refractivity contribution is 1.06. The topological polar surface area (TPSA) is 46.5 Å². The van der Waals surface area contributed by atoms with Gasteiger partial charge in [-0.1, -0.05) is 97.1 Å². The maximum atomic E-state index is 3.93. The van der Waals surface area contributed by atoms with Gasteiger partial charge in [0.05, 0.1) is 0 Å². The monoisotopic (exact) mass is 512 g/mol. The fraction of sp³-hybridized carbons (Fsp3) is 0. The van der Waals surface area contributed by atoms with Gasteiger partial charge in [-0.2, -0.15) is 0 Å². The summed E-state index contributed by atoms with van der Waals surface area (Å²) in [7, 11) is 0. The molecule has 0 saturated heterocycles. The Kier molecular flexibility index (Phi) is 5.10. The van der Waals surface area contributed by atoms with E-state index in [-0.39, 0.29) is 0 Å². The van der Waals surface area contributed by atoms with Crippen LogP contribution in [0.4, 0.5) is 0 Å². The highest BCUT2D eigenvalue weighted by Gasteiger charge is 2.12. The number of hydrogen-bond donors (Lipinski definition) is 1. The Labute approximate surface area is 231 Å². The van der Waals surface area contributed by atoms with Gasteiger partial charge in [0.1, 0.15) is 12.7 Å². The minimum absolute atomic E-state index is 1.04. The minimum Gasteiger partial charge on any atom is -0.355 e. The number of benzene rings is 6. The van der Waals surface area contributed by atoms with Gasteiger partial charge < -0.3 is 4.98 Å². The van der Waals surface area contributed by atoms with E-state index < -0.39 is 0 Å². The molecule has 0 atom stereocenters. The van der Waals surface area contributed by atoms with Crippen LogP contribution >= 0.6 is 0 Å². The van der Waals surface area contributed by atoms with Crippen LogP contribution in [0.1, 0.15) is 0 Å². The predicted octanol–water partition coefficient (Wildman–Crippen LogP) is 9.06. The summed E-state index contributed by atoms with van der Waals surface area (Å²) in [5.41, 5.74) is 10.6. The number of fused-ring (bicyclic) bond motifs is 4. The first-order valence-corrected chi connectivity index (χ1v) is 13.4. The van der Waals surface area contributed by atoms with Crippen LogP contribution in [0.3, 0.4) is 0 Å². The third kappa shape index (κ3) is 3.69. The second kappa shape index (κ2) is 9.07. The molecule has 40 heavy (non-hydrogen) atoms. The van der Waals surface area contributed by atoms with Gasteiger partial charge in [0, 0.05) is 27.5 Å². The summed E-state index contributed by atoms with van der Waals surface area (Å²) in [5, 5.41) is 12.9. The first-order valence-electron chi connectivity index (χ1n) is 13.4. The van der Waals surface area contributed by atoms with Gasteiger partial charge >= 0.3 is 0 Å². The third-order valence-corrected chi connectivity index (χ3v) is 7.84. The molecule has 0 unspecified atom stereocenters. The van der Waals surface area contributed by atoms with Crippen LogP contribution in [-0.4, -0.2) is 19.7 Å². The van der Waals surface area contributed by atoms with Crippen molar-refractivity contribution in [1.29, 1.82) is 0 Å². The van der Waals surface area contributed by atoms with Crippen LogP contribution in [0.5, 0.6) is 0 Å². The Morgan fingerprint density at radius 3 is 1.80 bits per heavy atom. The van der Waals surface area contributed by atoms with E-state index in [0.29, 0.717) is 0 Å². The number of rotatable bonds is 4. The molecule has 2 heterocycles. The van der Waals surface area contributed by atoms with E-state index in [1.54, 1.807) is 12.7 Å². The van der Waals surface area contributed by atoms with Gasteiger partial charge in [0.2, 0.25) is 0 Å². The largest absolute Gasteiger partial charge is 0.355 e. The van der Waals surface area contributed by atoms with Gasteiger partial charge in [0.25, 0.3) is 0 Å². The van der Waals surface area contributed by atoms with Crippen molar-refractivity contribution in [2.45, 2.75) is 0 Å². The van der Waals surface area contributed by atoms with Crippen molar-refractivity contribution in [3.8, 4) is 39.1 Å². The summed E-state index contributed by atoms with van der Waals surface area (Å²) in [5.74, 6) is 0. The predicted molar refractivity (Wildman–Crippen MR) is 165 cm³/mol. The summed E-state index contributed by atoms with van der Waals surface area (Å²) in [6, 6.07) is 45.8. The lowest BCUT2D eigenvalue weighted by Crippen LogP contribution is -1.90. The Bertz CT molecular complexity index is 2130. The van der Waals surface area contributed by atoms with Gasteiger partial charge in [-0.25, -0.2) is 0 Å². The van der Waals surface area contributed by atoms with Crippen molar-refractivity contribution in [1.82, 2.24) is 19.7 Å². The van der Waals surface area contributed by atoms with E-state index in [1.165, 1.54) is 66.0 Å². The molecule has 1 N–H and O–H groups in total. The van der Waals surface area contributed by atoms with Crippen molar-refractivity contribution >= 4 is 32.6 Å². The van der Waals surface area contributed by atoms with Crippen molar-refractivity contribution in [3.63, 3.8) is 0 Å². The van der Waals surface area contributed by atoms with Crippen molar-refractivity contribution in [3.05, 3.63) is 140 Å². The highest BCUT2D eigenvalue weighted by atomic mass is 15.2. The summed E-state index contributed by atoms with van der Waals surface area (Å²) in [6.07, 6.45) is 3.43. The standard InChI is InChI=1S/C36H24N4/c1-2-10-34-32(7-1)33-21-28(17-20-35(33)39-34)24-11-13-25(14-12-24)30-8-3-5-27-6-4-9-31(36(27)30)26-15-18-29(19-16-26)40-22-37-38-23-40/h1-23,39H. The van der Waals surface area contributed by atoms with E-state index in [2.05, 4.69) is 143 Å². The number of nitrogens with zero attached hydrogens (tertiary/aromatic N) is 3. The second-order valence-corrected chi connectivity index (χ2v) is 10.1. The molecule has 0 fully saturated rings. The first kappa shape index (κ1) is 22.5. The Balaban J connectivity index is 1.20. The lowest BCUT2D eigenvalue weighted by Gasteiger charge is -2.14. The highest BCUT2D eigenvalue weighted by Crippen LogP contribution is 2.38. The van der Waals surface area contributed by atoms with Crippen molar-refractivity contribution in [2.24, 2.45) is 0 Å². The molecule has 0 amide bonds. The molecular formula is C36H24N4. The molecule has 0 aliphatic rings. The second-order valence-electron chi connectivity index (χ2n) is 10.1. The number of hydrogen-bond acceptors (Lipinski definition) is 2. The molecule has 4 nitrogen and oxygen atoms in total. The molecule has 0 radical (unpaired) electrons. The summed E-state index contributed by atoms with van der Waals surface area (Å²) in [6.45, 7) is 0. The normalized spacial score (nSPS) is 11.5. The van der Waals surface area contributed by atoms with E-state index in [4.69, 9.17) is 0 Å². The first-order chi connectivity index (χ1) is 19.8. The molecular weight excluding hydrogens is 488 g/mol. The fourth-order valence-electron chi connectivity index (χ4n) is 5.84. The third-order valence-electron chi connectivity index (χ3n) is 7.84. The quantitative estimate of drug-likeness (QED) is 0.256. The number of para-hydroxylation sites is 1. The molecule has 2 aromatic heterocycles. The van der Waals surface area contributed by atoms with Gasteiger partial charge in [-0.3, -0.25) is 4.57 Å². The molecule has 0 bridgehead atoms. The molecule has 0 spiro atoms. The van der Waals surface area contributed by atoms with Gasteiger partial charge in [0.15, 0.2) is 0 Å². The van der Waals surface area contributed by atoms with E-state index in [9.17, 15) is 0 Å². The summed E-state index contributed by atoms with van der Waals surface area (Å²) >= 11 is 0. The number of aromatic nitrogens is 4. The molecule has 6 aromatic carbocycles. The van der Waals surface area contributed by atoms with E-state index in [0.717, 1.165) is 5.69 Å². The van der Waals surface area contributed by atoms with Crippen LogP contribution in [0.2, 0.25) is 0 Å². The molecule has 0 saturated carbocycles. The Morgan fingerprint density at radius 2 is 1.07 bits per heavy atom. The summed E-state index contributed by atoms with van der Waals surface area (Å²) < 4.78 is 1.91. The molecule has 4 heteroatoms. The fourth-order valence-corrected chi connectivity index (χ4v) is 5.84. The van der Waals surface area contributed by atoms with Crippen LogP contribution in [0.15, 0.2) is 140 Å². The molecule has 188 valence electrons. The molecule has 8 aromatic rings. The van der Waals surface area contributed by atoms with Gasteiger partial charge in [-0.05, 0) is 74.5 Å². The molecule has 0 aliphatic carbocycles. The van der Waals surface area contributed by atoms with Gasteiger partial charge in [-0.15, -0.1) is 10.2 Å². The maximum Gasteiger partial charge on any atom is 0.123 e. The van der Waals surface area contributed by atoms with Crippen LogP contribution in [0, 0.1) is 0 Å². The number of H-pyrrole nitrogens is 1. The smallest absolute Gasteiger partial charge is 0.123 e. The van der Waals surface area contributed by atoms with Crippen LogP contribution in [-0.2, 0) is 0 Å². The zero-order chi connectivity index (χ0) is 26.5. The average Bonchev–Trinajstić information content (AvgIpc) is 3.69. The van der Waals surface area contributed by atoms with E-state index >= 15 is 0 Å². The zero-order valence-electron chi connectivity index (χ0n) is 21.6.